The summed E-state index contributed by atoms with van der Waals surface area (Å²) in [5.74, 6) is 2.30. The summed E-state index contributed by atoms with van der Waals surface area (Å²) in [5.41, 5.74) is 7.94. The second-order valence-corrected chi connectivity index (χ2v) is 5.07. The lowest BCUT2D eigenvalue weighted by atomic mass is 10.0. The molecule has 1 aromatic carbocycles. The number of rotatable bonds is 7. The number of nitrogens with two attached hydrogens (primary N) is 1. The number of hydrogen-bond acceptors (Lipinski definition) is 5. The van der Waals surface area contributed by atoms with Crippen LogP contribution < -0.4 is 15.2 Å². The van der Waals surface area contributed by atoms with E-state index in [0.29, 0.717) is 12.4 Å². The lowest BCUT2D eigenvalue weighted by molar-refractivity contribution is 0.246. The standard InChI is InChI=1S/C16H22N2O3/c1-4-13(17)8-12-9-14(19-3)5-6-16(12)20-10-15-7-11(2)18-21-15/h5-7,9,13H,4,8,10,17H2,1-3H3. The van der Waals surface area contributed by atoms with Gasteiger partial charge in [-0.15, -0.1) is 0 Å². The van der Waals surface area contributed by atoms with Gasteiger partial charge in [0.25, 0.3) is 0 Å². The summed E-state index contributed by atoms with van der Waals surface area (Å²) in [6.45, 7) is 4.30. The molecule has 0 aliphatic carbocycles. The summed E-state index contributed by atoms with van der Waals surface area (Å²) < 4.78 is 16.3. The number of aromatic nitrogens is 1. The molecule has 0 radical (unpaired) electrons. The average Bonchev–Trinajstić information content (AvgIpc) is 2.91. The van der Waals surface area contributed by atoms with Crippen molar-refractivity contribution in [1.29, 1.82) is 0 Å². The van der Waals surface area contributed by atoms with Crippen LogP contribution in [0.4, 0.5) is 0 Å². The van der Waals surface area contributed by atoms with Crippen molar-refractivity contribution in [3.05, 3.63) is 41.3 Å². The smallest absolute Gasteiger partial charge is 0.174 e. The Balaban J connectivity index is 2.12. The zero-order chi connectivity index (χ0) is 15.2. The number of benzene rings is 1. The Kier molecular flexibility index (Phi) is 5.22. The van der Waals surface area contributed by atoms with Crippen molar-refractivity contribution in [2.75, 3.05) is 7.11 Å². The molecule has 0 fully saturated rings. The molecule has 21 heavy (non-hydrogen) atoms. The first kappa shape index (κ1) is 15.4. The van der Waals surface area contributed by atoms with Crippen LogP contribution in [0, 0.1) is 6.92 Å². The third-order valence-corrected chi connectivity index (χ3v) is 3.32. The highest BCUT2D eigenvalue weighted by Gasteiger charge is 2.11. The monoisotopic (exact) mass is 290 g/mol. The topological polar surface area (TPSA) is 70.5 Å². The first-order chi connectivity index (χ1) is 10.1. The van der Waals surface area contributed by atoms with E-state index >= 15 is 0 Å². The van der Waals surface area contributed by atoms with E-state index in [2.05, 4.69) is 12.1 Å². The first-order valence-corrected chi connectivity index (χ1v) is 7.09. The number of aryl methyl sites for hydroxylation is 1. The van der Waals surface area contributed by atoms with E-state index in [4.69, 9.17) is 19.7 Å². The highest BCUT2D eigenvalue weighted by Crippen LogP contribution is 2.26. The fraction of sp³-hybridized carbons (Fsp3) is 0.438. The summed E-state index contributed by atoms with van der Waals surface area (Å²) in [7, 11) is 1.65. The zero-order valence-electron chi connectivity index (χ0n) is 12.8. The van der Waals surface area contributed by atoms with Crippen molar-refractivity contribution >= 4 is 0 Å². The quantitative estimate of drug-likeness (QED) is 0.849. The molecular weight excluding hydrogens is 268 g/mol. The molecule has 0 aliphatic rings. The van der Waals surface area contributed by atoms with E-state index in [0.717, 1.165) is 35.6 Å². The van der Waals surface area contributed by atoms with Gasteiger partial charge in [0.2, 0.25) is 0 Å². The van der Waals surface area contributed by atoms with E-state index < -0.39 is 0 Å². The normalized spacial score (nSPS) is 12.2. The van der Waals surface area contributed by atoms with Crippen LogP contribution in [0.15, 0.2) is 28.8 Å². The molecule has 0 saturated carbocycles. The van der Waals surface area contributed by atoms with Gasteiger partial charge in [-0.2, -0.15) is 0 Å². The molecule has 0 aliphatic heterocycles. The molecule has 1 aromatic heterocycles. The molecule has 1 unspecified atom stereocenters. The minimum absolute atomic E-state index is 0.104. The summed E-state index contributed by atoms with van der Waals surface area (Å²) >= 11 is 0. The summed E-state index contributed by atoms with van der Waals surface area (Å²) in [6.07, 6.45) is 1.66. The maximum atomic E-state index is 6.05. The Hall–Kier alpha value is -2.01. The fourth-order valence-electron chi connectivity index (χ4n) is 2.04. The van der Waals surface area contributed by atoms with Crippen molar-refractivity contribution in [3.63, 3.8) is 0 Å². The van der Waals surface area contributed by atoms with Gasteiger partial charge >= 0.3 is 0 Å². The minimum atomic E-state index is 0.104. The Morgan fingerprint density at radius 3 is 2.76 bits per heavy atom. The van der Waals surface area contributed by atoms with Crippen molar-refractivity contribution < 1.29 is 14.0 Å². The van der Waals surface area contributed by atoms with Crippen LogP contribution in [0.3, 0.4) is 0 Å². The molecule has 5 nitrogen and oxygen atoms in total. The van der Waals surface area contributed by atoms with Crippen LogP contribution in [0.25, 0.3) is 0 Å². The first-order valence-electron chi connectivity index (χ1n) is 7.09. The maximum absolute atomic E-state index is 6.05. The molecule has 1 heterocycles. The Morgan fingerprint density at radius 2 is 2.14 bits per heavy atom. The molecule has 0 bridgehead atoms. The number of methoxy groups -OCH3 is 1. The van der Waals surface area contributed by atoms with Gasteiger partial charge in [-0.1, -0.05) is 12.1 Å². The third kappa shape index (κ3) is 4.23. The lowest BCUT2D eigenvalue weighted by Gasteiger charge is -2.15. The molecule has 0 saturated heterocycles. The lowest BCUT2D eigenvalue weighted by Crippen LogP contribution is -2.21. The highest BCUT2D eigenvalue weighted by molar-refractivity contribution is 5.41. The Morgan fingerprint density at radius 1 is 1.33 bits per heavy atom. The van der Waals surface area contributed by atoms with Gasteiger partial charge in [0.15, 0.2) is 5.76 Å². The number of nitrogens with zero attached hydrogens (tertiary/aromatic N) is 1. The van der Waals surface area contributed by atoms with E-state index in [1.165, 1.54) is 0 Å². The van der Waals surface area contributed by atoms with Crippen LogP contribution in [0.2, 0.25) is 0 Å². The van der Waals surface area contributed by atoms with Gasteiger partial charge in [-0.05, 0) is 43.5 Å². The molecule has 2 aromatic rings. The maximum Gasteiger partial charge on any atom is 0.174 e. The summed E-state index contributed by atoms with van der Waals surface area (Å²) in [5, 5.41) is 3.85. The van der Waals surface area contributed by atoms with Gasteiger partial charge in [0.05, 0.1) is 12.8 Å². The van der Waals surface area contributed by atoms with Crippen molar-refractivity contribution in [1.82, 2.24) is 5.16 Å². The SMILES string of the molecule is CCC(N)Cc1cc(OC)ccc1OCc1cc(C)no1. The summed E-state index contributed by atoms with van der Waals surface area (Å²) in [4.78, 5) is 0. The van der Waals surface area contributed by atoms with E-state index in [9.17, 15) is 0 Å². The third-order valence-electron chi connectivity index (χ3n) is 3.32. The largest absolute Gasteiger partial charge is 0.497 e. The molecule has 0 amide bonds. The van der Waals surface area contributed by atoms with E-state index in [-0.39, 0.29) is 6.04 Å². The van der Waals surface area contributed by atoms with Gasteiger partial charge in [0, 0.05) is 12.1 Å². The van der Waals surface area contributed by atoms with E-state index in [1.807, 2.05) is 31.2 Å². The average molecular weight is 290 g/mol. The van der Waals surface area contributed by atoms with Crippen molar-refractivity contribution in [2.45, 2.75) is 39.3 Å². The second kappa shape index (κ2) is 7.13. The van der Waals surface area contributed by atoms with Crippen molar-refractivity contribution in [3.8, 4) is 11.5 Å². The number of ether oxygens (including phenoxy) is 2. The molecule has 0 spiro atoms. The van der Waals surface area contributed by atoms with Crippen LogP contribution in [0.1, 0.15) is 30.4 Å². The van der Waals surface area contributed by atoms with Crippen LogP contribution in [-0.4, -0.2) is 18.3 Å². The highest BCUT2D eigenvalue weighted by atomic mass is 16.5. The Bertz CT molecular complexity index is 581. The van der Waals surface area contributed by atoms with Gasteiger partial charge < -0.3 is 19.7 Å². The molecule has 114 valence electrons. The predicted molar refractivity (Wildman–Crippen MR) is 80.5 cm³/mol. The minimum Gasteiger partial charge on any atom is -0.497 e. The van der Waals surface area contributed by atoms with Crippen LogP contribution in [-0.2, 0) is 13.0 Å². The van der Waals surface area contributed by atoms with Crippen LogP contribution >= 0.6 is 0 Å². The Labute approximate surface area is 125 Å². The predicted octanol–water partition coefficient (Wildman–Crippen LogP) is 2.85. The molecule has 1 atom stereocenters. The molecule has 5 heteroatoms. The van der Waals surface area contributed by atoms with Gasteiger partial charge in [-0.25, -0.2) is 0 Å². The van der Waals surface area contributed by atoms with Gasteiger partial charge in [0.1, 0.15) is 18.1 Å². The van der Waals surface area contributed by atoms with E-state index in [1.54, 1.807) is 7.11 Å². The van der Waals surface area contributed by atoms with Crippen LogP contribution in [0.5, 0.6) is 11.5 Å². The molecule has 2 N–H and O–H groups in total. The second-order valence-electron chi connectivity index (χ2n) is 5.07. The zero-order valence-corrected chi connectivity index (χ0v) is 12.8. The summed E-state index contributed by atoms with van der Waals surface area (Å²) in [6, 6.07) is 7.71. The van der Waals surface area contributed by atoms with Crippen molar-refractivity contribution in [2.24, 2.45) is 5.73 Å². The number of hydrogen-bond donors (Lipinski definition) is 1. The molecular formula is C16H22N2O3. The fourth-order valence-corrected chi connectivity index (χ4v) is 2.04. The van der Waals surface area contributed by atoms with Gasteiger partial charge in [-0.3, -0.25) is 0 Å². The molecule has 2 rings (SSSR count).